The van der Waals surface area contributed by atoms with Gasteiger partial charge in [0.25, 0.3) is 5.89 Å². The highest BCUT2D eigenvalue weighted by Crippen LogP contribution is 2.26. The Morgan fingerprint density at radius 2 is 1.81 bits per heavy atom. The van der Waals surface area contributed by atoms with Gasteiger partial charge in [-0.1, -0.05) is 5.16 Å². The number of alkyl halides is 3. The fraction of sp³-hybridized carbons (Fsp3) is 0.400. The molecule has 0 unspecified atom stereocenters. The molecule has 4 heterocycles. The first kappa shape index (κ1) is 24.9. The minimum Gasteiger partial charge on any atom is -0.406 e. The molecule has 0 bridgehead atoms. The van der Waals surface area contributed by atoms with Crippen molar-refractivity contribution in [1.29, 1.82) is 0 Å². The molecule has 194 valence electrons. The van der Waals surface area contributed by atoms with Gasteiger partial charge in [-0.3, -0.25) is 4.98 Å². The summed E-state index contributed by atoms with van der Waals surface area (Å²) in [6, 6.07) is 9.26. The number of halogens is 3. The third-order valence-electron chi connectivity index (χ3n) is 6.14. The predicted octanol–water partition coefficient (Wildman–Crippen LogP) is 4.67. The summed E-state index contributed by atoms with van der Waals surface area (Å²) >= 11 is 0. The lowest BCUT2D eigenvalue weighted by atomic mass is 10.1. The lowest BCUT2D eigenvalue weighted by molar-refractivity contribution is -0.274. The Morgan fingerprint density at radius 3 is 2.57 bits per heavy atom. The van der Waals surface area contributed by atoms with Gasteiger partial charge in [0.1, 0.15) is 11.6 Å². The van der Waals surface area contributed by atoms with Crippen molar-refractivity contribution in [2.45, 2.75) is 45.5 Å². The number of hydrogen-bond acceptors (Lipinski definition) is 8. The van der Waals surface area contributed by atoms with Crippen LogP contribution in [0.3, 0.4) is 0 Å². The normalized spacial score (nSPS) is 14.4. The maximum absolute atomic E-state index is 12.4. The van der Waals surface area contributed by atoms with Gasteiger partial charge in [-0.25, -0.2) is 9.67 Å². The molecule has 9 nitrogen and oxygen atoms in total. The molecule has 12 heteroatoms. The number of hydrogen-bond donors (Lipinski definition) is 0. The molecule has 0 spiro atoms. The van der Waals surface area contributed by atoms with Gasteiger partial charge < -0.3 is 14.2 Å². The van der Waals surface area contributed by atoms with E-state index < -0.39 is 6.36 Å². The van der Waals surface area contributed by atoms with E-state index in [4.69, 9.17) is 4.52 Å². The molecule has 3 aromatic heterocycles. The lowest BCUT2D eigenvalue weighted by Gasteiger charge is -2.13. The second-order valence-corrected chi connectivity index (χ2v) is 8.94. The van der Waals surface area contributed by atoms with E-state index >= 15 is 0 Å². The molecule has 1 fully saturated rings. The molecule has 1 saturated heterocycles. The van der Waals surface area contributed by atoms with Crippen molar-refractivity contribution in [3.8, 4) is 28.9 Å². The summed E-state index contributed by atoms with van der Waals surface area (Å²) in [5, 5.41) is 8.43. The van der Waals surface area contributed by atoms with Crippen molar-refractivity contribution in [2.24, 2.45) is 0 Å². The van der Waals surface area contributed by atoms with Crippen molar-refractivity contribution in [3.63, 3.8) is 0 Å². The summed E-state index contributed by atoms with van der Waals surface area (Å²) in [6.45, 7) is 5.86. The Hall–Kier alpha value is -3.80. The first-order chi connectivity index (χ1) is 17.8. The molecule has 37 heavy (non-hydrogen) atoms. The van der Waals surface area contributed by atoms with Crippen molar-refractivity contribution < 1.29 is 22.4 Å². The van der Waals surface area contributed by atoms with Crippen molar-refractivity contribution in [2.75, 3.05) is 19.6 Å². The summed E-state index contributed by atoms with van der Waals surface area (Å²) in [5.41, 5.74) is 2.59. The molecule has 0 atom stereocenters. The predicted molar refractivity (Wildman–Crippen MR) is 128 cm³/mol. The van der Waals surface area contributed by atoms with Gasteiger partial charge >= 0.3 is 6.36 Å². The molecule has 1 aromatic carbocycles. The molecule has 0 saturated carbocycles. The van der Waals surface area contributed by atoms with Crippen molar-refractivity contribution in [1.82, 2.24) is 34.8 Å². The van der Waals surface area contributed by atoms with E-state index in [0.29, 0.717) is 17.9 Å². The van der Waals surface area contributed by atoms with Gasteiger partial charge in [-0.2, -0.15) is 4.98 Å². The van der Waals surface area contributed by atoms with Gasteiger partial charge in [0.05, 0.1) is 6.54 Å². The molecule has 4 aromatic rings. The summed E-state index contributed by atoms with van der Waals surface area (Å²) in [7, 11) is 0. The number of pyridine rings is 1. The monoisotopic (exact) mass is 513 g/mol. The van der Waals surface area contributed by atoms with E-state index in [-0.39, 0.29) is 23.3 Å². The molecule has 0 radical (unpaired) electrons. The zero-order valence-corrected chi connectivity index (χ0v) is 20.3. The van der Waals surface area contributed by atoms with Crippen LogP contribution in [-0.2, 0) is 13.0 Å². The Bertz CT molecular complexity index is 1330. The van der Waals surface area contributed by atoms with E-state index in [1.165, 1.54) is 50.2 Å². The molecule has 0 aliphatic carbocycles. The molecule has 1 aliphatic rings. The number of rotatable bonds is 9. The average Bonchev–Trinajstić information content (AvgIpc) is 3.61. The van der Waals surface area contributed by atoms with Crippen LogP contribution in [0.4, 0.5) is 13.2 Å². The van der Waals surface area contributed by atoms with E-state index in [0.717, 1.165) is 30.6 Å². The van der Waals surface area contributed by atoms with Crippen LogP contribution in [0.25, 0.3) is 23.1 Å². The van der Waals surface area contributed by atoms with E-state index in [2.05, 4.69) is 40.9 Å². The zero-order chi connectivity index (χ0) is 25.8. The summed E-state index contributed by atoms with van der Waals surface area (Å²) in [6.07, 6.45) is 1.68. The second-order valence-electron chi connectivity index (χ2n) is 8.94. The molecule has 0 N–H and O–H groups in total. The Balaban J connectivity index is 1.23. The highest BCUT2D eigenvalue weighted by atomic mass is 19.4. The van der Waals surface area contributed by atoms with E-state index in [9.17, 15) is 13.2 Å². The first-order valence-corrected chi connectivity index (χ1v) is 12.1. The molecular formula is C25H26F3N7O2. The van der Waals surface area contributed by atoms with Crippen LogP contribution in [0.15, 0.2) is 47.1 Å². The number of aryl methyl sites for hydroxylation is 2. The van der Waals surface area contributed by atoms with Crippen LogP contribution in [0, 0.1) is 6.92 Å². The molecular weight excluding hydrogens is 487 g/mol. The SMILES string of the molecule is Cc1nc(-c2nc(-c3ccc(OC(F)(F)F)cc3)no2)nn1Cc1ccnc(CCCN2CCCC2)c1. The largest absolute Gasteiger partial charge is 0.573 e. The van der Waals surface area contributed by atoms with Gasteiger partial charge in [0.15, 0.2) is 0 Å². The smallest absolute Gasteiger partial charge is 0.406 e. The Kier molecular flexibility index (Phi) is 7.17. The van der Waals surface area contributed by atoms with Crippen LogP contribution in [0.1, 0.15) is 36.3 Å². The Morgan fingerprint density at radius 1 is 1.03 bits per heavy atom. The molecule has 5 rings (SSSR count). The van der Waals surface area contributed by atoms with Crippen LogP contribution < -0.4 is 4.74 Å². The quantitative estimate of drug-likeness (QED) is 0.319. The fourth-order valence-corrected chi connectivity index (χ4v) is 4.32. The van der Waals surface area contributed by atoms with E-state index in [1.54, 1.807) is 4.68 Å². The Labute approximate surface area is 211 Å². The van der Waals surface area contributed by atoms with Crippen molar-refractivity contribution in [3.05, 3.63) is 59.7 Å². The van der Waals surface area contributed by atoms with Gasteiger partial charge in [0, 0.05) is 17.5 Å². The summed E-state index contributed by atoms with van der Waals surface area (Å²) in [5.74, 6) is 0.936. The van der Waals surface area contributed by atoms with E-state index in [1.807, 2.05) is 19.2 Å². The topological polar surface area (TPSA) is 95.0 Å². The fourth-order valence-electron chi connectivity index (χ4n) is 4.32. The summed E-state index contributed by atoms with van der Waals surface area (Å²) < 4.78 is 48.1. The minimum absolute atomic E-state index is 0.116. The highest BCUT2D eigenvalue weighted by molar-refractivity contribution is 5.57. The minimum atomic E-state index is -4.76. The van der Waals surface area contributed by atoms with Crippen LogP contribution in [0.5, 0.6) is 5.75 Å². The highest BCUT2D eigenvalue weighted by Gasteiger charge is 2.31. The maximum Gasteiger partial charge on any atom is 0.573 e. The third kappa shape index (κ3) is 6.50. The zero-order valence-electron chi connectivity index (χ0n) is 20.3. The number of nitrogens with zero attached hydrogens (tertiary/aromatic N) is 7. The lowest BCUT2D eigenvalue weighted by Crippen LogP contribution is -2.20. The molecule has 1 aliphatic heterocycles. The van der Waals surface area contributed by atoms with Crippen LogP contribution in [-0.4, -0.2) is 60.8 Å². The third-order valence-corrected chi connectivity index (χ3v) is 6.14. The maximum atomic E-state index is 12.4. The number of aromatic nitrogens is 6. The second kappa shape index (κ2) is 10.7. The van der Waals surface area contributed by atoms with Crippen molar-refractivity contribution >= 4 is 0 Å². The van der Waals surface area contributed by atoms with Gasteiger partial charge in [-0.15, -0.1) is 18.3 Å². The standard InChI is InChI=1S/C25H26F3N7O2/c1-17-30-23(24-31-22(33-37-24)19-6-8-21(9-7-19)36-25(26,27)28)32-35(17)16-18-10-11-29-20(15-18)5-4-14-34-12-2-3-13-34/h6-11,15H,2-5,12-14,16H2,1H3. The number of ether oxygens (including phenoxy) is 1. The first-order valence-electron chi connectivity index (χ1n) is 12.1. The average molecular weight is 514 g/mol. The van der Waals surface area contributed by atoms with Gasteiger partial charge in [-0.05, 0) is 94.2 Å². The summed E-state index contributed by atoms with van der Waals surface area (Å²) in [4.78, 5) is 15.8. The number of likely N-dealkylation sites (tertiary alicyclic amines) is 1. The van der Waals surface area contributed by atoms with Gasteiger partial charge in [0.2, 0.25) is 11.6 Å². The van der Waals surface area contributed by atoms with Crippen LogP contribution in [0.2, 0.25) is 0 Å². The molecule has 0 amide bonds. The van der Waals surface area contributed by atoms with Crippen LogP contribution >= 0.6 is 0 Å². The number of benzene rings is 1.